The first-order valence-electron chi connectivity index (χ1n) is 6.56. The van der Waals surface area contributed by atoms with Crippen molar-refractivity contribution in [2.45, 2.75) is 55.4 Å². The van der Waals surface area contributed by atoms with Crippen LogP contribution in [0.1, 0.15) is 56.2 Å². The van der Waals surface area contributed by atoms with Crippen LogP contribution in [0.3, 0.4) is 0 Å². The van der Waals surface area contributed by atoms with Gasteiger partial charge in [-0.3, -0.25) is 4.79 Å². The molecule has 0 atom stereocenters. The second-order valence-electron chi connectivity index (χ2n) is 5.42. The predicted molar refractivity (Wildman–Crippen MR) is 72.2 cm³/mol. The van der Waals surface area contributed by atoms with Gasteiger partial charge in [-0.25, -0.2) is 0 Å². The van der Waals surface area contributed by atoms with E-state index in [4.69, 9.17) is 23.2 Å². The number of alkyl halides is 2. The van der Waals surface area contributed by atoms with Crippen molar-refractivity contribution < 1.29 is 4.79 Å². The molecule has 104 valence electrons. The maximum Gasteiger partial charge on any atom is 0.256 e. The minimum atomic E-state index is -1.41. The number of nitrogens with one attached hydrogen (secondary N) is 1. The second kappa shape index (κ2) is 4.63. The number of nitrogens with zero attached hydrogens (tertiary/aromatic N) is 3. The first-order valence-corrected chi connectivity index (χ1v) is 7.32. The van der Waals surface area contributed by atoms with Gasteiger partial charge in [-0.05, 0) is 32.6 Å². The van der Waals surface area contributed by atoms with Crippen LogP contribution in [0.25, 0.3) is 0 Å². The Balaban J connectivity index is 1.72. The average Bonchev–Trinajstić information content (AvgIpc) is 3.23. The van der Waals surface area contributed by atoms with Gasteiger partial charge in [0.1, 0.15) is 5.82 Å². The molecular formula is C12H16Cl2N4O. The van der Waals surface area contributed by atoms with Crippen LogP contribution in [-0.2, 0) is 11.3 Å². The molecule has 2 saturated carbocycles. The first-order chi connectivity index (χ1) is 8.97. The van der Waals surface area contributed by atoms with E-state index in [1.807, 2.05) is 0 Å². The van der Waals surface area contributed by atoms with Crippen molar-refractivity contribution in [1.82, 2.24) is 20.1 Å². The second-order valence-corrected chi connectivity index (χ2v) is 7.13. The Morgan fingerprint density at radius 3 is 2.58 bits per heavy atom. The van der Waals surface area contributed by atoms with Crippen molar-refractivity contribution in [3.05, 3.63) is 11.6 Å². The molecule has 1 amide bonds. The molecule has 0 aliphatic heterocycles. The molecule has 2 aliphatic carbocycles. The third-order valence-corrected chi connectivity index (χ3v) is 3.80. The van der Waals surface area contributed by atoms with Gasteiger partial charge in [0, 0.05) is 12.0 Å². The lowest BCUT2D eigenvalue weighted by atomic mass is 10.3. The molecule has 2 fully saturated rings. The number of halogens is 2. The highest BCUT2D eigenvalue weighted by Gasteiger charge is 2.36. The molecule has 1 N–H and O–H groups in total. The number of carbonyl (C=O) groups excluding carboxylic acids is 1. The lowest BCUT2D eigenvalue weighted by Crippen LogP contribution is -2.36. The smallest absolute Gasteiger partial charge is 0.256 e. The lowest BCUT2D eigenvalue weighted by molar-refractivity contribution is -0.121. The van der Waals surface area contributed by atoms with Crippen LogP contribution in [0, 0.1) is 0 Å². The molecule has 7 heteroatoms. The molecule has 1 aromatic heterocycles. The summed E-state index contributed by atoms with van der Waals surface area (Å²) in [5.74, 6) is 2.03. The van der Waals surface area contributed by atoms with Crippen molar-refractivity contribution in [3.63, 3.8) is 0 Å². The number of amides is 1. The zero-order valence-electron chi connectivity index (χ0n) is 10.7. The van der Waals surface area contributed by atoms with E-state index in [2.05, 4.69) is 20.1 Å². The van der Waals surface area contributed by atoms with E-state index in [9.17, 15) is 4.79 Å². The topological polar surface area (TPSA) is 59.8 Å². The van der Waals surface area contributed by atoms with Gasteiger partial charge in [0.15, 0.2) is 10.2 Å². The highest BCUT2D eigenvalue weighted by atomic mass is 35.5. The van der Waals surface area contributed by atoms with Gasteiger partial charge in [0.05, 0.1) is 6.54 Å². The number of carbonyl (C=O) groups is 1. The van der Waals surface area contributed by atoms with E-state index < -0.39 is 10.2 Å². The highest BCUT2D eigenvalue weighted by Crippen LogP contribution is 2.44. The molecule has 1 heterocycles. The molecule has 0 spiro atoms. The predicted octanol–water partition coefficient (Wildman–Crippen LogP) is 2.30. The number of hydrogen-bond donors (Lipinski definition) is 1. The van der Waals surface area contributed by atoms with Crippen LogP contribution < -0.4 is 5.32 Å². The summed E-state index contributed by atoms with van der Waals surface area (Å²) in [5, 5.41) is 11.2. The highest BCUT2D eigenvalue weighted by molar-refractivity contribution is 6.57. The molecule has 0 saturated heterocycles. The van der Waals surface area contributed by atoms with Crippen LogP contribution in [0.15, 0.2) is 0 Å². The van der Waals surface area contributed by atoms with E-state index >= 15 is 0 Å². The zero-order valence-corrected chi connectivity index (χ0v) is 12.2. The van der Waals surface area contributed by atoms with Gasteiger partial charge in [-0.1, -0.05) is 23.2 Å². The summed E-state index contributed by atoms with van der Waals surface area (Å²) in [4.78, 5) is 11.7. The van der Waals surface area contributed by atoms with Crippen molar-refractivity contribution in [1.29, 1.82) is 0 Å². The SMILES string of the molecule is CC(Cl)(Cl)C(=O)NCc1nnc(C2CC2)n1C1CC1. The molecular weight excluding hydrogens is 287 g/mol. The fraction of sp³-hybridized carbons (Fsp3) is 0.750. The van der Waals surface area contributed by atoms with Crippen molar-refractivity contribution >= 4 is 29.1 Å². The maximum atomic E-state index is 11.7. The molecule has 19 heavy (non-hydrogen) atoms. The van der Waals surface area contributed by atoms with E-state index in [-0.39, 0.29) is 0 Å². The van der Waals surface area contributed by atoms with Gasteiger partial charge in [0.25, 0.3) is 5.91 Å². The molecule has 0 unspecified atom stereocenters. The van der Waals surface area contributed by atoms with Gasteiger partial charge in [0.2, 0.25) is 0 Å². The summed E-state index contributed by atoms with van der Waals surface area (Å²) in [7, 11) is 0. The van der Waals surface area contributed by atoms with Crippen LogP contribution in [-0.4, -0.2) is 25.0 Å². The summed E-state index contributed by atoms with van der Waals surface area (Å²) in [6, 6.07) is 0.510. The first kappa shape index (κ1) is 13.2. The summed E-state index contributed by atoms with van der Waals surface area (Å²) in [6.45, 7) is 1.77. The minimum absolute atomic E-state index is 0.323. The van der Waals surface area contributed by atoms with E-state index in [1.54, 1.807) is 0 Å². The van der Waals surface area contributed by atoms with Crippen molar-refractivity contribution in [2.75, 3.05) is 0 Å². The zero-order chi connectivity index (χ0) is 13.6. The Bertz CT molecular complexity index is 500. The van der Waals surface area contributed by atoms with Crippen molar-refractivity contribution in [3.8, 4) is 0 Å². The largest absolute Gasteiger partial charge is 0.346 e. The molecule has 0 aromatic carbocycles. The Kier molecular flexibility index (Phi) is 3.21. The van der Waals surface area contributed by atoms with E-state index in [0.29, 0.717) is 18.5 Å². The Hall–Kier alpha value is -0.810. The van der Waals surface area contributed by atoms with E-state index in [0.717, 1.165) is 11.6 Å². The molecule has 0 radical (unpaired) electrons. The molecule has 3 rings (SSSR count). The summed E-state index contributed by atoms with van der Waals surface area (Å²) in [5.41, 5.74) is 0. The van der Waals surface area contributed by atoms with Crippen LogP contribution >= 0.6 is 23.2 Å². The number of rotatable bonds is 5. The monoisotopic (exact) mass is 302 g/mol. The van der Waals surface area contributed by atoms with Crippen molar-refractivity contribution in [2.24, 2.45) is 0 Å². The summed E-state index contributed by atoms with van der Waals surface area (Å²) >= 11 is 11.5. The fourth-order valence-electron chi connectivity index (χ4n) is 2.12. The molecule has 1 aromatic rings. The third-order valence-electron chi connectivity index (χ3n) is 3.45. The Morgan fingerprint density at radius 2 is 2.05 bits per heavy atom. The van der Waals surface area contributed by atoms with Gasteiger partial charge < -0.3 is 9.88 Å². The maximum absolute atomic E-state index is 11.7. The van der Waals surface area contributed by atoms with Gasteiger partial charge >= 0.3 is 0 Å². The van der Waals surface area contributed by atoms with Crippen LogP contribution in [0.2, 0.25) is 0 Å². The minimum Gasteiger partial charge on any atom is -0.346 e. The Morgan fingerprint density at radius 1 is 1.37 bits per heavy atom. The summed E-state index contributed by atoms with van der Waals surface area (Å²) in [6.07, 6.45) is 4.72. The normalized spacial score (nSPS) is 19.5. The molecule has 2 aliphatic rings. The van der Waals surface area contributed by atoms with E-state index in [1.165, 1.54) is 32.6 Å². The molecule has 0 bridgehead atoms. The average molecular weight is 303 g/mol. The van der Waals surface area contributed by atoms with Gasteiger partial charge in [-0.2, -0.15) is 0 Å². The van der Waals surface area contributed by atoms with Crippen LogP contribution in [0.4, 0.5) is 0 Å². The van der Waals surface area contributed by atoms with Crippen LogP contribution in [0.5, 0.6) is 0 Å². The lowest BCUT2D eigenvalue weighted by Gasteiger charge is -2.14. The number of aromatic nitrogens is 3. The molecule has 5 nitrogen and oxygen atoms in total. The number of hydrogen-bond acceptors (Lipinski definition) is 3. The third kappa shape index (κ3) is 2.87. The standard InChI is InChI=1S/C12H16Cl2N4O/c1-12(13,14)11(19)15-6-9-16-17-10(7-2-3-7)18(9)8-4-5-8/h7-8H,2-6H2,1H3,(H,15,19). The quantitative estimate of drug-likeness (QED) is 0.849. The summed E-state index contributed by atoms with van der Waals surface area (Å²) < 4.78 is 0.779. The Labute approximate surface area is 121 Å². The fourth-order valence-corrected chi connectivity index (χ4v) is 2.26. The van der Waals surface area contributed by atoms with Gasteiger partial charge in [-0.15, -0.1) is 10.2 Å².